The summed E-state index contributed by atoms with van der Waals surface area (Å²) in [6, 6.07) is 11.0. The molecule has 0 atom stereocenters. The molecule has 0 aliphatic carbocycles. The molecule has 0 saturated carbocycles. The Balaban J connectivity index is 1.44. The lowest BCUT2D eigenvalue weighted by atomic mass is 10.0. The number of ether oxygens (including phenoxy) is 1. The number of aromatic nitrogens is 2. The van der Waals surface area contributed by atoms with Crippen LogP contribution in [0.1, 0.15) is 17.7 Å². The van der Waals surface area contributed by atoms with Crippen molar-refractivity contribution in [3.8, 4) is 16.9 Å². The van der Waals surface area contributed by atoms with Crippen molar-refractivity contribution >= 4 is 26.6 Å². The van der Waals surface area contributed by atoms with Gasteiger partial charge in [-0.05, 0) is 65.6 Å². The van der Waals surface area contributed by atoms with Gasteiger partial charge in [-0.3, -0.25) is 0 Å². The number of pyridine rings is 1. The molecule has 3 heterocycles. The van der Waals surface area contributed by atoms with Crippen molar-refractivity contribution in [1.82, 2.24) is 14.3 Å². The van der Waals surface area contributed by atoms with Gasteiger partial charge in [0.15, 0.2) is 0 Å². The first-order valence-corrected chi connectivity index (χ1v) is 13.0. The number of hydrogen-bond donors (Lipinski definition) is 1. The molecule has 0 spiro atoms. The Hall–Kier alpha value is -3.63. The van der Waals surface area contributed by atoms with E-state index in [-0.39, 0.29) is 18.7 Å². The Kier molecular flexibility index (Phi) is 6.31. The van der Waals surface area contributed by atoms with Crippen LogP contribution in [0.5, 0.6) is 5.75 Å². The Morgan fingerprint density at radius 3 is 2.50 bits per heavy atom. The molecular formula is C26H22F3N3O3S. The third-order valence-electron chi connectivity index (χ3n) is 6.07. The van der Waals surface area contributed by atoms with E-state index >= 15 is 0 Å². The van der Waals surface area contributed by atoms with E-state index < -0.39 is 27.5 Å². The minimum absolute atomic E-state index is 0.0849. The van der Waals surface area contributed by atoms with Crippen LogP contribution in [0.2, 0.25) is 0 Å². The molecule has 10 heteroatoms. The molecule has 0 unspecified atom stereocenters. The van der Waals surface area contributed by atoms with Gasteiger partial charge in [-0.15, -0.1) is 0 Å². The monoisotopic (exact) mass is 513 g/mol. The van der Waals surface area contributed by atoms with Crippen molar-refractivity contribution in [3.63, 3.8) is 0 Å². The predicted molar refractivity (Wildman–Crippen MR) is 131 cm³/mol. The van der Waals surface area contributed by atoms with Crippen molar-refractivity contribution in [2.45, 2.75) is 13.0 Å². The first-order chi connectivity index (χ1) is 17.2. The van der Waals surface area contributed by atoms with Crippen molar-refractivity contribution in [1.29, 1.82) is 0 Å². The third-order valence-corrected chi connectivity index (χ3v) is 7.34. The maximum absolute atomic E-state index is 14.9. The summed E-state index contributed by atoms with van der Waals surface area (Å²) in [4.78, 5) is 7.62. The lowest BCUT2D eigenvalue weighted by Crippen LogP contribution is -2.33. The normalized spacial score (nSPS) is 14.7. The van der Waals surface area contributed by atoms with E-state index in [0.29, 0.717) is 40.9 Å². The largest absolute Gasteiger partial charge is 0.489 e. The maximum atomic E-state index is 14.9. The summed E-state index contributed by atoms with van der Waals surface area (Å²) >= 11 is 0. The van der Waals surface area contributed by atoms with Crippen LogP contribution in [0.15, 0.2) is 60.8 Å². The summed E-state index contributed by atoms with van der Waals surface area (Å²) in [5.41, 5.74) is 3.51. The van der Waals surface area contributed by atoms with Gasteiger partial charge in [0.2, 0.25) is 10.0 Å². The van der Waals surface area contributed by atoms with Gasteiger partial charge in [0, 0.05) is 42.0 Å². The number of halogens is 3. The van der Waals surface area contributed by atoms with E-state index in [1.165, 1.54) is 40.9 Å². The quantitative estimate of drug-likeness (QED) is 0.381. The van der Waals surface area contributed by atoms with Crippen LogP contribution >= 0.6 is 0 Å². The highest BCUT2D eigenvalue weighted by Gasteiger charge is 2.22. The second-order valence-electron chi connectivity index (χ2n) is 8.61. The smallest absolute Gasteiger partial charge is 0.211 e. The number of rotatable bonds is 6. The van der Waals surface area contributed by atoms with E-state index in [1.54, 1.807) is 12.3 Å². The lowest BCUT2D eigenvalue weighted by Gasteiger charge is -2.23. The molecule has 5 rings (SSSR count). The fourth-order valence-corrected chi connectivity index (χ4v) is 5.06. The zero-order valence-corrected chi connectivity index (χ0v) is 20.1. The van der Waals surface area contributed by atoms with E-state index in [0.717, 1.165) is 17.3 Å². The van der Waals surface area contributed by atoms with Crippen LogP contribution < -0.4 is 4.74 Å². The van der Waals surface area contributed by atoms with E-state index in [2.05, 4.69) is 9.97 Å². The van der Waals surface area contributed by atoms with Gasteiger partial charge in [0.05, 0.1) is 6.26 Å². The Bertz CT molecular complexity index is 1580. The molecule has 4 aromatic rings. The first kappa shape index (κ1) is 24.1. The molecule has 0 bridgehead atoms. The standard InChI is InChI=1S/C26H22F3N3O3S/c1-36(33,34)32-8-5-17(6-9-32)25-14-23-21(4-7-30-26(23)31-25)22-13-20(2-3-24(22)29)35-15-16-10-18(27)12-19(28)11-16/h2-5,7,10-14H,6,8-9,15H2,1H3,(H,30,31). The Labute approximate surface area is 206 Å². The number of H-pyrrole nitrogens is 1. The Morgan fingerprint density at radius 1 is 1.03 bits per heavy atom. The average molecular weight is 514 g/mol. The zero-order valence-electron chi connectivity index (χ0n) is 19.3. The molecule has 1 N–H and O–H groups in total. The van der Waals surface area contributed by atoms with Gasteiger partial charge in [0.25, 0.3) is 0 Å². The molecule has 2 aromatic carbocycles. The van der Waals surface area contributed by atoms with Crippen LogP contribution in [-0.4, -0.2) is 42.0 Å². The van der Waals surface area contributed by atoms with E-state index in [9.17, 15) is 21.6 Å². The molecule has 0 amide bonds. The molecule has 1 aliphatic heterocycles. The minimum Gasteiger partial charge on any atom is -0.489 e. The molecule has 186 valence electrons. The SMILES string of the molecule is CS(=O)(=O)N1CC=C(c2cc3c(-c4cc(OCc5cc(F)cc(F)c5)ccc4F)ccnc3[nH]2)CC1. The highest BCUT2D eigenvalue weighted by Crippen LogP contribution is 2.34. The molecule has 0 radical (unpaired) electrons. The van der Waals surface area contributed by atoms with Crippen LogP contribution in [0.25, 0.3) is 27.7 Å². The molecule has 0 saturated heterocycles. The van der Waals surface area contributed by atoms with Crippen LogP contribution in [-0.2, 0) is 16.6 Å². The van der Waals surface area contributed by atoms with Crippen LogP contribution in [0.3, 0.4) is 0 Å². The second-order valence-corrected chi connectivity index (χ2v) is 10.6. The molecule has 36 heavy (non-hydrogen) atoms. The average Bonchev–Trinajstić information content (AvgIpc) is 3.27. The van der Waals surface area contributed by atoms with Crippen LogP contribution in [0, 0.1) is 17.5 Å². The summed E-state index contributed by atoms with van der Waals surface area (Å²) in [6.45, 7) is 0.578. The highest BCUT2D eigenvalue weighted by molar-refractivity contribution is 7.88. The summed E-state index contributed by atoms with van der Waals surface area (Å²) in [7, 11) is -3.26. The van der Waals surface area contributed by atoms with Crippen molar-refractivity contribution < 1.29 is 26.3 Å². The van der Waals surface area contributed by atoms with Gasteiger partial charge < -0.3 is 9.72 Å². The fourth-order valence-electron chi connectivity index (χ4n) is 4.29. The lowest BCUT2D eigenvalue weighted by molar-refractivity contribution is 0.304. The number of nitrogens with one attached hydrogen (secondary N) is 1. The summed E-state index contributed by atoms with van der Waals surface area (Å²) in [5.74, 6) is -1.52. The molecular weight excluding hydrogens is 491 g/mol. The van der Waals surface area contributed by atoms with Crippen molar-refractivity contribution in [2.24, 2.45) is 0 Å². The Morgan fingerprint density at radius 2 is 1.81 bits per heavy atom. The predicted octanol–water partition coefficient (Wildman–Crippen LogP) is 5.27. The van der Waals surface area contributed by atoms with E-state index in [1.807, 2.05) is 12.1 Å². The number of sulfonamides is 1. The van der Waals surface area contributed by atoms with Crippen LogP contribution in [0.4, 0.5) is 13.2 Å². The molecule has 0 fully saturated rings. The number of nitrogens with zero attached hydrogens (tertiary/aromatic N) is 2. The number of hydrogen-bond acceptors (Lipinski definition) is 4. The van der Waals surface area contributed by atoms with Gasteiger partial charge in [-0.25, -0.2) is 26.6 Å². The minimum atomic E-state index is -3.26. The zero-order chi connectivity index (χ0) is 25.4. The third kappa shape index (κ3) is 5.00. The number of aromatic amines is 1. The fraction of sp³-hybridized carbons (Fsp3) is 0.192. The van der Waals surface area contributed by atoms with Crippen molar-refractivity contribution in [3.05, 3.63) is 89.5 Å². The van der Waals surface area contributed by atoms with Gasteiger partial charge in [-0.1, -0.05) is 6.08 Å². The van der Waals surface area contributed by atoms with Gasteiger partial charge >= 0.3 is 0 Å². The topological polar surface area (TPSA) is 75.3 Å². The van der Waals surface area contributed by atoms with E-state index in [4.69, 9.17) is 4.74 Å². The molecule has 2 aromatic heterocycles. The highest BCUT2D eigenvalue weighted by atomic mass is 32.2. The van der Waals surface area contributed by atoms with Gasteiger partial charge in [0.1, 0.15) is 35.5 Å². The molecule has 6 nitrogen and oxygen atoms in total. The summed E-state index contributed by atoms with van der Waals surface area (Å²) in [6.07, 6.45) is 5.15. The number of fused-ring (bicyclic) bond motifs is 1. The summed E-state index contributed by atoms with van der Waals surface area (Å²) < 4.78 is 72.5. The first-order valence-electron chi connectivity index (χ1n) is 11.2. The maximum Gasteiger partial charge on any atom is 0.211 e. The second kappa shape index (κ2) is 9.44. The van der Waals surface area contributed by atoms with Crippen molar-refractivity contribution in [2.75, 3.05) is 19.3 Å². The molecule has 1 aliphatic rings. The van der Waals surface area contributed by atoms with Gasteiger partial charge in [-0.2, -0.15) is 4.31 Å². The number of benzene rings is 2. The summed E-state index contributed by atoms with van der Waals surface area (Å²) in [5, 5.41) is 0.696.